The molecule has 0 spiro atoms. The molecule has 8 aromatic carbocycles. The van der Waals surface area contributed by atoms with Crippen LogP contribution < -0.4 is 20.3 Å². The van der Waals surface area contributed by atoms with Gasteiger partial charge in [0.25, 0.3) is 0 Å². The molecule has 2 aromatic heterocycles. The fourth-order valence-electron chi connectivity index (χ4n) is 8.70. The topological polar surface area (TPSA) is 36.5 Å². The molecular weight excluding hydrogens is 649 g/mol. The highest BCUT2D eigenvalue weighted by atomic mass is 16.5. The Morgan fingerprint density at radius 2 is 1.08 bits per heavy atom. The average Bonchev–Trinajstić information content (AvgIpc) is 3.76. The first-order chi connectivity index (χ1) is 26.3. The van der Waals surface area contributed by atoms with Gasteiger partial charge >= 0.3 is 6.92 Å². The maximum absolute atomic E-state index is 6.98. The zero-order valence-corrected chi connectivity index (χ0v) is 28.4. The first-order valence-corrected chi connectivity index (χ1v) is 18.0. The van der Waals surface area contributed by atoms with Gasteiger partial charge in [0.1, 0.15) is 28.4 Å². The molecule has 0 unspecified atom stereocenters. The van der Waals surface area contributed by atoms with Gasteiger partial charge in [0.15, 0.2) is 0 Å². The third-order valence-electron chi connectivity index (χ3n) is 11.1. The predicted octanol–water partition coefficient (Wildman–Crippen LogP) is 11.3. The van der Waals surface area contributed by atoms with Crippen LogP contribution in [-0.4, -0.2) is 11.5 Å². The first kappa shape index (κ1) is 28.7. The molecule has 0 saturated carbocycles. The van der Waals surface area contributed by atoms with Crippen LogP contribution in [0.1, 0.15) is 0 Å². The van der Waals surface area contributed by atoms with Crippen LogP contribution >= 0.6 is 0 Å². The van der Waals surface area contributed by atoms with Crippen LogP contribution in [0.15, 0.2) is 174 Å². The van der Waals surface area contributed by atoms with E-state index in [1.54, 1.807) is 0 Å². The van der Waals surface area contributed by atoms with Gasteiger partial charge in [-0.25, -0.2) is 0 Å². The monoisotopic (exact) mass is 677 g/mol. The molecule has 5 heteroatoms. The summed E-state index contributed by atoms with van der Waals surface area (Å²) in [4.78, 5) is 0. The zero-order chi connectivity index (χ0) is 34.6. The van der Waals surface area contributed by atoms with Crippen LogP contribution in [0.25, 0.3) is 82.8 Å². The zero-order valence-electron chi connectivity index (χ0n) is 28.4. The molecule has 0 amide bonds. The van der Waals surface area contributed by atoms with E-state index in [2.05, 4.69) is 150 Å². The van der Waals surface area contributed by atoms with Crippen molar-refractivity contribution >= 4 is 61.6 Å². The van der Waals surface area contributed by atoms with Gasteiger partial charge in [0.05, 0.1) is 16.7 Å². The number of para-hydroxylation sites is 5. The summed E-state index contributed by atoms with van der Waals surface area (Å²) in [5.74, 6) is 2.49. The fraction of sp³-hybridized carbons (Fsp3) is 0. The standard InChI is InChI=1S/C48H28BNO3/c1-6-16-40(50-41-17-7-2-12-33(41)34-13-3-8-18-42(34)50)32(11-1)31-25-38-37-24-22-30(29-21-23-36-35-14-4-9-19-43(35)51-45(36)26-29)27-46(37)53-49-39-15-5-10-20-44(39)52-47(28-31)48(38)49/h1-28H. The van der Waals surface area contributed by atoms with Crippen molar-refractivity contribution < 1.29 is 13.8 Å². The minimum absolute atomic E-state index is 0.299. The lowest BCUT2D eigenvalue weighted by Gasteiger charge is -2.33. The SMILES string of the molecule is c1ccc2c(c1)Oc1cc(-c3ccccc3-n3c4ccccc4c4ccccc43)cc3c1B2Oc1cc(-c2ccc4c(c2)oc2ccccc24)ccc1-3. The van der Waals surface area contributed by atoms with Gasteiger partial charge in [-0.15, -0.1) is 0 Å². The summed E-state index contributed by atoms with van der Waals surface area (Å²) in [6, 6.07) is 60.0. The molecule has 246 valence electrons. The number of aromatic nitrogens is 1. The first-order valence-electron chi connectivity index (χ1n) is 18.0. The molecule has 0 aliphatic carbocycles. The molecule has 0 N–H and O–H groups in total. The number of rotatable bonds is 3. The highest BCUT2D eigenvalue weighted by Crippen LogP contribution is 2.45. The molecule has 12 rings (SSSR count). The molecular formula is C48H28BNO3. The van der Waals surface area contributed by atoms with Crippen molar-refractivity contribution in [1.82, 2.24) is 4.57 Å². The number of hydrogen-bond donors (Lipinski definition) is 0. The third kappa shape index (κ3) is 4.13. The van der Waals surface area contributed by atoms with Crippen LogP contribution in [0.4, 0.5) is 0 Å². The van der Waals surface area contributed by atoms with Gasteiger partial charge in [-0.2, -0.15) is 0 Å². The van der Waals surface area contributed by atoms with Crippen LogP contribution in [0.3, 0.4) is 0 Å². The highest BCUT2D eigenvalue weighted by molar-refractivity contribution is 6.84. The Balaban J connectivity index is 1.06. The van der Waals surface area contributed by atoms with Crippen LogP contribution in [0.5, 0.6) is 17.2 Å². The Kier molecular flexibility index (Phi) is 5.83. The summed E-state index contributed by atoms with van der Waals surface area (Å²) in [7, 11) is 0. The second-order valence-corrected chi connectivity index (χ2v) is 14.0. The summed E-state index contributed by atoms with van der Waals surface area (Å²) in [5.41, 5.74) is 13.9. The highest BCUT2D eigenvalue weighted by Gasteiger charge is 2.41. The smallest absolute Gasteiger partial charge is 0.434 e. The van der Waals surface area contributed by atoms with Crippen molar-refractivity contribution in [3.63, 3.8) is 0 Å². The van der Waals surface area contributed by atoms with E-state index >= 15 is 0 Å². The summed E-state index contributed by atoms with van der Waals surface area (Å²) < 4.78 is 22.4. The second-order valence-electron chi connectivity index (χ2n) is 14.0. The molecule has 0 radical (unpaired) electrons. The van der Waals surface area contributed by atoms with Crippen molar-refractivity contribution in [1.29, 1.82) is 0 Å². The van der Waals surface area contributed by atoms with Crippen molar-refractivity contribution in [2.45, 2.75) is 0 Å². The van der Waals surface area contributed by atoms with Crippen LogP contribution in [0.2, 0.25) is 0 Å². The predicted molar refractivity (Wildman–Crippen MR) is 217 cm³/mol. The lowest BCUT2D eigenvalue weighted by molar-refractivity contribution is 0.479. The summed E-state index contributed by atoms with van der Waals surface area (Å²) >= 11 is 0. The Morgan fingerprint density at radius 3 is 1.94 bits per heavy atom. The number of fused-ring (bicyclic) bond motifs is 10. The quantitative estimate of drug-likeness (QED) is 0.175. The maximum Gasteiger partial charge on any atom is 0.434 e. The number of ether oxygens (including phenoxy) is 1. The molecule has 4 nitrogen and oxygen atoms in total. The molecule has 0 bridgehead atoms. The molecule has 10 aromatic rings. The van der Waals surface area contributed by atoms with Gasteiger partial charge < -0.3 is 18.4 Å². The van der Waals surface area contributed by atoms with Crippen molar-refractivity contribution in [3.8, 4) is 56.3 Å². The third-order valence-corrected chi connectivity index (χ3v) is 11.1. The van der Waals surface area contributed by atoms with E-state index in [1.807, 2.05) is 24.3 Å². The molecule has 0 atom stereocenters. The molecule has 4 heterocycles. The number of benzene rings is 8. The number of furan rings is 1. The van der Waals surface area contributed by atoms with Gasteiger partial charge in [0, 0.05) is 43.6 Å². The number of nitrogens with zero attached hydrogens (tertiary/aromatic N) is 1. The normalized spacial score (nSPS) is 12.8. The lowest BCUT2D eigenvalue weighted by Crippen LogP contribution is -2.53. The van der Waals surface area contributed by atoms with Gasteiger partial charge in [0.2, 0.25) is 0 Å². The average molecular weight is 678 g/mol. The number of hydrogen-bond acceptors (Lipinski definition) is 3. The lowest BCUT2D eigenvalue weighted by atomic mass is 9.50. The van der Waals surface area contributed by atoms with Crippen molar-refractivity contribution in [2.75, 3.05) is 0 Å². The van der Waals surface area contributed by atoms with Gasteiger partial charge in [-0.05, 0) is 82.9 Å². The Hall–Kier alpha value is -6.98. The van der Waals surface area contributed by atoms with E-state index in [4.69, 9.17) is 13.8 Å². The summed E-state index contributed by atoms with van der Waals surface area (Å²) in [6.07, 6.45) is 0. The minimum Gasteiger partial charge on any atom is -0.551 e. The molecule has 53 heavy (non-hydrogen) atoms. The minimum atomic E-state index is -0.299. The summed E-state index contributed by atoms with van der Waals surface area (Å²) in [5, 5.41) is 4.72. The van der Waals surface area contributed by atoms with Gasteiger partial charge in [-0.1, -0.05) is 109 Å². The van der Waals surface area contributed by atoms with E-state index in [0.717, 1.165) is 89.2 Å². The molecule has 2 aliphatic rings. The molecule has 0 saturated heterocycles. The van der Waals surface area contributed by atoms with E-state index in [1.165, 1.54) is 21.8 Å². The fourth-order valence-corrected chi connectivity index (χ4v) is 8.70. The van der Waals surface area contributed by atoms with E-state index in [0.29, 0.717) is 0 Å². The van der Waals surface area contributed by atoms with Crippen LogP contribution in [0, 0.1) is 0 Å². The van der Waals surface area contributed by atoms with E-state index < -0.39 is 0 Å². The van der Waals surface area contributed by atoms with Crippen LogP contribution in [-0.2, 0) is 0 Å². The van der Waals surface area contributed by atoms with E-state index in [-0.39, 0.29) is 6.92 Å². The Bertz CT molecular complexity index is 3100. The molecule has 2 aliphatic heterocycles. The Labute approximate surface area is 305 Å². The van der Waals surface area contributed by atoms with E-state index in [9.17, 15) is 0 Å². The van der Waals surface area contributed by atoms with Crippen molar-refractivity contribution in [3.05, 3.63) is 170 Å². The van der Waals surface area contributed by atoms with Gasteiger partial charge in [-0.3, -0.25) is 0 Å². The molecule has 0 fully saturated rings. The maximum atomic E-state index is 6.98. The second kappa shape index (κ2) is 10.8. The Morgan fingerprint density at radius 1 is 0.415 bits per heavy atom. The summed E-state index contributed by atoms with van der Waals surface area (Å²) in [6.45, 7) is -0.299. The van der Waals surface area contributed by atoms with Crippen molar-refractivity contribution in [2.24, 2.45) is 0 Å². The largest absolute Gasteiger partial charge is 0.551 e.